The maximum Gasteiger partial charge on any atom is 0.135 e. The number of nitrogens with one attached hydrogen (secondary N) is 2. The molecule has 3 unspecified atom stereocenters. The molecule has 1 heterocycles. The predicted octanol–water partition coefficient (Wildman–Crippen LogP) is 4.27. The molecule has 0 bridgehead atoms. The average molecular weight is 290 g/mol. The van der Waals surface area contributed by atoms with Crippen LogP contribution in [0, 0.1) is 11.8 Å². The van der Waals surface area contributed by atoms with Gasteiger partial charge in [-0.25, -0.2) is 9.97 Å². The van der Waals surface area contributed by atoms with Crippen molar-refractivity contribution in [2.45, 2.75) is 65.8 Å². The van der Waals surface area contributed by atoms with Gasteiger partial charge >= 0.3 is 0 Å². The smallest absolute Gasteiger partial charge is 0.135 e. The molecule has 2 rings (SSSR count). The average Bonchev–Trinajstić information content (AvgIpc) is 2.42. The van der Waals surface area contributed by atoms with Crippen molar-refractivity contribution in [3.05, 3.63) is 11.9 Å². The molecule has 0 spiro atoms. The quantitative estimate of drug-likeness (QED) is 0.850. The highest BCUT2D eigenvalue weighted by atomic mass is 15.1. The lowest BCUT2D eigenvalue weighted by atomic mass is 9.80. The molecule has 1 aliphatic rings. The Morgan fingerprint density at radius 3 is 2.52 bits per heavy atom. The van der Waals surface area contributed by atoms with Crippen molar-refractivity contribution in [2.75, 3.05) is 17.2 Å². The second-order valence-corrected chi connectivity index (χ2v) is 6.82. The minimum Gasteiger partial charge on any atom is -0.370 e. The first kappa shape index (κ1) is 16.1. The Kier molecular flexibility index (Phi) is 5.43. The van der Waals surface area contributed by atoms with Crippen LogP contribution in [0.2, 0.25) is 0 Å². The summed E-state index contributed by atoms with van der Waals surface area (Å²) in [5, 5.41) is 7.07. The van der Waals surface area contributed by atoms with E-state index in [1.54, 1.807) is 6.33 Å². The zero-order chi connectivity index (χ0) is 15.4. The molecule has 1 fully saturated rings. The van der Waals surface area contributed by atoms with Gasteiger partial charge in [-0.2, -0.15) is 0 Å². The maximum atomic E-state index is 4.53. The van der Waals surface area contributed by atoms with Crippen LogP contribution in [0.4, 0.5) is 11.6 Å². The molecule has 0 aromatic carbocycles. The minimum atomic E-state index is 0.403. The molecule has 3 atom stereocenters. The van der Waals surface area contributed by atoms with Crippen LogP contribution in [0.3, 0.4) is 0 Å². The lowest BCUT2D eigenvalue weighted by Crippen LogP contribution is -2.33. The molecular weight excluding hydrogens is 260 g/mol. The molecule has 118 valence electrons. The Balaban J connectivity index is 2.21. The Bertz CT molecular complexity index is 458. The summed E-state index contributed by atoms with van der Waals surface area (Å²) in [6.45, 7) is 12.1. The molecule has 1 aromatic heterocycles. The molecule has 0 radical (unpaired) electrons. The van der Waals surface area contributed by atoms with Crippen LogP contribution in [0.25, 0.3) is 0 Å². The minimum absolute atomic E-state index is 0.403. The number of anilines is 2. The van der Waals surface area contributed by atoms with E-state index < -0.39 is 0 Å². The zero-order valence-corrected chi connectivity index (χ0v) is 14.1. The molecule has 0 saturated heterocycles. The standard InChI is InChI=1S/C17H30N4/c1-6-18-16-15(11(2)3)17(20-10-19-16)21-14-8-7-12(4)9-13(14)5/h10-14H,6-9H2,1-5H3,(H2,18,19,20,21). The van der Waals surface area contributed by atoms with Crippen molar-refractivity contribution in [1.29, 1.82) is 0 Å². The van der Waals surface area contributed by atoms with Crippen molar-refractivity contribution in [3.63, 3.8) is 0 Å². The van der Waals surface area contributed by atoms with Crippen LogP contribution in [0.5, 0.6) is 0 Å². The van der Waals surface area contributed by atoms with Crippen molar-refractivity contribution in [2.24, 2.45) is 11.8 Å². The van der Waals surface area contributed by atoms with Gasteiger partial charge in [-0.15, -0.1) is 0 Å². The molecular formula is C17H30N4. The number of hydrogen-bond acceptors (Lipinski definition) is 4. The van der Waals surface area contributed by atoms with Crippen molar-refractivity contribution in [3.8, 4) is 0 Å². The summed E-state index contributed by atoms with van der Waals surface area (Å²) >= 11 is 0. The number of rotatable bonds is 5. The van der Waals surface area contributed by atoms with Crippen LogP contribution < -0.4 is 10.6 Å². The van der Waals surface area contributed by atoms with Gasteiger partial charge in [-0.05, 0) is 43.9 Å². The van der Waals surface area contributed by atoms with Gasteiger partial charge in [0.25, 0.3) is 0 Å². The number of nitrogens with zero attached hydrogens (tertiary/aromatic N) is 2. The fourth-order valence-corrected chi connectivity index (χ4v) is 3.42. The molecule has 0 aliphatic heterocycles. The van der Waals surface area contributed by atoms with Crippen LogP contribution in [0.1, 0.15) is 65.4 Å². The number of hydrogen-bond donors (Lipinski definition) is 2. The Morgan fingerprint density at radius 2 is 1.90 bits per heavy atom. The summed E-state index contributed by atoms with van der Waals surface area (Å²) in [5.74, 6) is 3.95. The van der Waals surface area contributed by atoms with Gasteiger partial charge in [0.05, 0.1) is 0 Å². The third kappa shape index (κ3) is 3.86. The van der Waals surface area contributed by atoms with E-state index in [-0.39, 0.29) is 0 Å². The van der Waals surface area contributed by atoms with E-state index in [9.17, 15) is 0 Å². The van der Waals surface area contributed by atoms with E-state index in [0.717, 1.165) is 24.1 Å². The van der Waals surface area contributed by atoms with Gasteiger partial charge in [0.15, 0.2) is 0 Å². The topological polar surface area (TPSA) is 49.8 Å². The highest BCUT2D eigenvalue weighted by Gasteiger charge is 2.27. The van der Waals surface area contributed by atoms with E-state index >= 15 is 0 Å². The second kappa shape index (κ2) is 7.10. The lowest BCUT2D eigenvalue weighted by molar-refractivity contribution is 0.276. The Labute approximate surface area is 129 Å². The van der Waals surface area contributed by atoms with E-state index in [4.69, 9.17) is 0 Å². The Morgan fingerprint density at radius 1 is 1.19 bits per heavy atom. The molecule has 21 heavy (non-hydrogen) atoms. The molecule has 0 amide bonds. The fraction of sp³-hybridized carbons (Fsp3) is 0.765. The monoisotopic (exact) mass is 290 g/mol. The van der Waals surface area contributed by atoms with Crippen LogP contribution >= 0.6 is 0 Å². The first-order chi connectivity index (χ1) is 10.0. The normalized spacial score (nSPS) is 25.9. The highest BCUT2D eigenvalue weighted by molar-refractivity contribution is 5.59. The third-order valence-corrected chi connectivity index (χ3v) is 4.56. The predicted molar refractivity (Wildman–Crippen MR) is 89.9 cm³/mol. The van der Waals surface area contributed by atoms with E-state index in [1.165, 1.54) is 24.8 Å². The van der Waals surface area contributed by atoms with Gasteiger partial charge in [0.2, 0.25) is 0 Å². The summed E-state index contributed by atoms with van der Waals surface area (Å²) in [7, 11) is 0. The second-order valence-electron chi connectivity index (χ2n) is 6.82. The first-order valence-electron chi connectivity index (χ1n) is 8.38. The summed E-state index contributed by atoms with van der Waals surface area (Å²) in [6, 6.07) is 0.531. The van der Waals surface area contributed by atoms with Crippen molar-refractivity contribution < 1.29 is 0 Å². The molecule has 1 saturated carbocycles. The Hall–Kier alpha value is -1.32. The number of aromatic nitrogens is 2. The van der Waals surface area contributed by atoms with Crippen LogP contribution in [-0.4, -0.2) is 22.6 Å². The molecule has 1 aromatic rings. The molecule has 1 aliphatic carbocycles. The van der Waals surface area contributed by atoms with Crippen LogP contribution in [0.15, 0.2) is 6.33 Å². The lowest BCUT2D eigenvalue weighted by Gasteiger charge is -2.34. The largest absolute Gasteiger partial charge is 0.370 e. The molecule has 4 heteroatoms. The molecule has 2 N–H and O–H groups in total. The van der Waals surface area contributed by atoms with Crippen LogP contribution in [-0.2, 0) is 0 Å². The zero-order valence-electron chi connectivity index (χ0n) is 14.1. The van der Waals surface area contributed by atoms with E-state index in [1.807, 2.05) is 0 Å². The van der Waals surface area contributed by atoms with Crippen molar-refractivity contribution >= 4 is 11.6 Å². The molecule has 4 nitrogen and oxygen atoms in total. The van der Waals surface area contributed by atoms with E-state index in [0.29, 0.717) is 17.9 Å². The van der Waals surface area contributed by atoms with Gasteiger partial charge in [-0.1, -0.05) is 27.7 Å². The maximum absolute atomic E-state index is 4.53. The van der Waals surface area contributed by atoms with Gasteiger partial charge in [-0.3, -0.25) is 0 Å². The fourth-order valence-electron chi connectivity index (χ4n) is 3.42. The van der Waals surface area contributed by atoms with Gasteiger partial charge < -0.3 is 10.6 Å². The summed E-state index contributed by atoms with van der Waals surface area (Å²) in [5.41, 5.74) is 1.21. The summed E-state index contributed by atoms with van der Waals surface area (Å²) in [4.78, 5) is 8.94. The van der Waals surface area contributed by atoms with Crippen molar-refractivity contribution in [1.82, 2.24) is 9.97 Å². The van der Waals surface area contributed by atoms with Gasteiger partial charge in [0, 0.05) is 18.2 Å². The SMILES string of the molecule is CCNc1ncnc(NC2CCC(C)CC2C)c1C(C)C. The van der Waals surface area contributed by atoms with Gasteiger partial charge in [0.1, 0.15) is 18.0 Å². The van der Waals surface area contributed by atoms with E-state index in [2.05, 4.69) is 55.2 Å². The summed E-state index contributed by atoms with van der Waals surface area (Å²) < 4.78 is 0. The highest BCUT2D eigenvalue weighted by Crippen LogP contribution is 2.34. The third-order valence-electron chi connectivity index (χ3n) is 4.56. The first-order valence-corrected chi connectivity index (χ1v) is 8.38. The summed E-state index contributed by atoms with van der Waals surface area (Å²) in [6.07, 6.45) is 5.52.